The monoisotopic (exact) mass is 302 g/mol. The number of carbonyl (C=O) groups is 1. The van der Waals surface area contributed by atoms with Crippen LogP contribution in [0.5, 0.6) is 0 Å². The van der Waals surface area contributed by atoms with Gasteiger partial charge in [-0.2, -0.15) is 0 Å². The SMILES string of the molecule is O=C(C[C@@H]1C=CCC1)NC[C@H](c1ccco1)N1CCCCC1. The topological polar surface area (TPSA) is 45.5 Å². The largest absolute Gasteiger partial charge is 0.468 e. The van der Waals surface area contributed by atoms with Crippen molar-refractivity contribution in [1.82, 2.24) is 10.2 Å². The molecule has 0 unspecified atom stereocenters. The molecule has 1 N–H and O–H groups in total. The quantitative estimate of drug-likeness (QED) is 0.820. The van der Waals surface area contributed by atoms with E-state index in [0.29, 0.717) is 18.9 Å². The Balaban J connectivity index is 1.55. The van der Waals surface area contributed by atoms with Gasteiger partial charge in [0, 0.05) is 13.0 Å². The molecule has 0 saturated carbocycles. The highest BCUT2D eigenvalue weighted by Crippen LogP contribution is 2.25. The second-order valence-corrected chi connectivity index (χ2v) is 6.40. The summed E-state index contributed by atoms with van der Waals surface area (Å²) in [6, 6.07) is 4.11. The first-order valence-electron chi connectivity index (χ1n) is 8.54. The van der Waals surface area contributed by atoms with Crippen molar-refractivity contribution in [2.24, 2.45) is 5.92 Å². The molecule has 1 aliphatic heterocycles. The number of likely N-dealkylation sites (tertiary alicyclic amines) is 1. The average Bonchev–Trinajstić information content (AvgIpc) is 3.22. The highest BCUT2D eigenvalue weighted by atomic mass is 16.3. The lowest BCUT2D eigenvalue weighted by Gasteiger charge is -2.33. The summed E-state index contributed by atoms with van der Waals surface area (Å²) in [6.45, 7) is 2.82. The van der Waals surface area contributed by atoms with Crippen molar-refractivity contribution in [3.63, 3.8) is 0 Å². The van der Waals surface area contributed by atoms with E-state index in [1.165, 1.54) is 19.3 Å². The first kappa shape index (κ1) is 15.3. The summed E-state index contributed by atoms with van der Waals surface area (Å²) in [5, 5.41) is 3.12. The number of nitrogens with zero attached hydrogens (tertiary/aromatic N) is 1. The van der Waals surface area contributed by atoms with Crippen LogP contribution in [0.25, 0.3) is 0 Å². The third-order valence-corrected chi connectivity index (χ3v) is 4.76. The van der Waals surface area contributed by atoms with E-state index in [1.807, 2.05) is 12.1 Å². The van der Waals surface area contributed by atoms with Crippen LogP contribution in [-0.2, 0) is 4.79 Å². The zero-order valence-corrected chi connectivity index (χ0v) is 13.2. The van der Waals surface area contributed by atoms with E-state index in [-0.39, 0.29) is 11.9 Å². The molecule has 1 amide bonds. The Hall–Kier alpha value is -1.55. The Morgan fingerprint density at radius 3 is 2.91 bits per heavy atom. The summed E-state index contributed by atoms with van der Waals surface area (Å²) < 4.78 is 5.61. The van der Waals surface area contributed by atoms with Gasteiger partial charge in [-0.25, -0.2) is 0 Å². The third-order valence-electron chi connectivity index (χ3n) is 4.76. The molecule has 0 radical (unpaired) electrons. The van der Waals surface area contributed by atoms with E-state index in [0.717, 1.165) is 31.7 Å². The fourth-order valence-corrected chi connectivity index (χ4v) is 3.51. The maximum atomic E-state index is 12.2. The van der Waals surface area contributed by atoms with Gasteiger partial charge < -0.3 is 9.73 Å². The van der Waals surface area contributed by atoms with Gasteiger partial charge in [0.1, 0.15) is 5.76 Å². The van der Waals surface area contributed by atoms with Crippen molar-refractivity contribution < 1.29 is 9.21 Å². The minimum Gasteiger partial charge on any atom is -0.468 e. The fourth-order valence-electron chi connectivity index (χ4n) is 3.51. The predicted octanol–water partition coefficient (Wildman–Crippen LogP) is 3.28. The molecule has 3 rings (SSSR count). The maximum Gasteiger partial charge on any atom is 0.220 e. The summed E-state index contributed by atoms with van der Waals surface area (Å²) in [4.78, 5) is 14.6. The number of hydrogen-bond acceptors (Lipinski definition) is 3. The maximum absolute atomic E-state index is 12.2. The molecule has 22 heavy (non-hydrogen) atoms. The van der Waals surface area contributed by atoms with Crippen LogP contribution in [0.15, 0.2) is 35.0 Å². The average molecular weight is 302 g/mol. The molecule has 1 aromatic rings. The van der Waals surface area contributed by atoms with E-state index >= 15 is 0 Å². The van der Waals surface area contributed by atoms with Crippen LogP contribution >= 0.6 is 0 Å². The minimum absolute atomic E-state index is 0.158. The van der Waals surface area contributed by atoms with Crippen molar-refractivity contribution in [1.29, 1.82) is 0 Å². The molecular formula is C18H26N2O2. The number of carbonyl (C=O) groups excluding carboxylic acids is 1. The van der Waals surface area contributed by atoms with Crippen LogP contribution in [0.1, 0.15) is 50.3 Å². The number of furan rings is 1. The standard InChI is InChI=1S/C18H26N2O2/c21-18(13-15-7-2-3-8-15)19-14-16(17-9-6-12-22-17)20-10-4-1-5-11-20/h2,6-7,9,12,15-16H,1,3-5,8,10-11,13-14H2,(H,19,21)/t15-,16-/m1/s1. The van der Waals surface area contributed by atoms with Crippen LogP contribution in [0.2, 0.25) is 0 Å². The molecule has 120 valence electrons. The van der Waals surface area contributed by atoms with Crippen LogP contribution in [0.3, 0.4) is 0 Å². The number of nitrogens with one attached hydrogen (secondary N) is 1. The number of hydrogen-bond donors (Lipinski definition) is 1. The molecule has 0 spiro atoms. The minimum atomic E-state index is 0.158. The summed E-state index contributed by atoms with van der Waals surface area (Å²) in [5.74, 6) is 1.55. The lowest BCUT2D eigenvalue weighted by Crippen LogP contribution is -2.40. The number of rotatable bonds is 6. The molecule has 2 aliphatic rings. The van der Waals surface area contributed by atoms with E-state index < -0.39 is 0 Å². The lowest BCUT2D eigenvalue weighted by atomic mass is 10.0. The van der Waals surface area contributed by atoms with E-state index in [2.05, 4.69) is 22.4 Å². The second-order valence-electron chi connectivity index (χ2n) is 6.40. The van der Waals surface area contributed by atoms with Gasteiger partial charge in [0.25, 0.3) is 0 Å². The highest BCUT2D eigenvalue weighted by Gasteiger charge is 2.25. The van der Waals surface area contributed by atoms with Gasteiger partial charge in [0.15, 0.2) is 0 Å². The van der Waals surface area contributed by atoms with Gasteiger partial charge in [0.05, 0.1) is 12.3 Å². The first-order chi connectivity index (χ1) is 10.8. The van der Waals surface area contributed by atoms with Gasteiger partial charge in [-0.05, 0) is 56.8 Å². The molecular weight excluding hydrogens is 276 g/mol. The number of allylic oxidation sites excluding steroid dienone is 2. The Morgan fingerprint density at radius 2 is 2.23 bits per heavy atom. The zero-order chi connectivity index (χ0) is 15.2. The van der Waals surface area contributed by atoms with Crippen molar-refractivity contribution in [3.8, 4) is 0 Å². The van der Waals surface area contributed by atoms with Crippen LogP contribution in [0, 0.1) is 5.92 Å². The Labute approximate surface area is 132 Å². The van der Waals surface area contributed by atoms with Gasteiger partial charge >= 0.3 is 0 Å². The van der Waals surface area contributed by atoms with Crippen LogP contribution in [-0.4, -0.2) is 30.4 Å². The second kappa shape index (κ2) is 7.63. The first-order valence-corrected chi connectivity index (χ1v) is 8.54. The summed E-state index contributed by atoms with van der Waals surface area (Å²) in [7, 11) is 0. The molecule has 4 nitrogen and oxygen atoms in total. The normalized spacial score (nSPS) is 23.5. The zero-order valence-electron chi connectivity index (χ0n) is 13.2. The molecule has 1 aromatic heterocycles. The molecule has 0 bridgehead atoms. The van der Waals surface area contributed by atoms with Crippen molar-refractivity contribution in [2.45, 2.75) is 44.6 Å². The molecule has 0 aromatic carbocycles. The molecule has 4 heteroatoms. The summed E-state index contributed by atoms with van der Waals surface area (Å²) in [5.41, 5.74) is 0. The number of piperidine rings is 1. The van der Waals surface area contributed by atoms with Crippen molar-refractivity contribution in [3.05, 3.63) is 36.3 Å². The molecule has 2 atom stereocenters. The lowest BCUT2D eigenvalue weighted by molar-refractivity contribution is -0.122. The molecule has 1 aliphatic carbocycles. The Bertz CT molecular complexity index is 489. The van der Waals surface area contributed by atoms with Crippen LogP contribution < -0.4 is 5.32 Å². The highest BCUT2D eigenvalue weighted by molar-refractivity contribution is 5.76. The Morgan fingerprint density at radius 1 is 1.36 bits per heavy atom. The van der Waals surface area contributed by atoms with E-state index in [4.69, 9.17) is 4.42 Å². The van der Waals surface area contributed by atoms with Crippen molar-refractivity contribution in [2.75, 3.05) is 19.6 Å². The molecule has 1 saturated heterocycles. The van der Waals surface area contributed by atoms with Gasteiger partial charge in [0.2, 0.25) is 5.91 Å². The molecule has 1 fully saturated rings. The van der Waals surface area contributed by atoms with E-state index in [1.54, 1.807) is 6.26 Å². The summed E-state index contributed by atoms with van der Waals surface area (Å²) >= 11 is 0. The van der Waals surface area contributed by atoms with Gasteiger partial charge in [-0.15, -0.1) is 0 Å². The van der Waals surface area contributed by atoms with Gasteiger partial charge in [-0.3, -0.25) is 9.69 Å². The predicted molar refractivity (Wildman–Crippen MR) is 86.4 cm³/mol. The molecule has 2 heterocycles. The Kier molecular flexibility index (Phi) is 5.33. The van der Waals surface area contributed by atoms with E-state index in [9.17, 15) is 4.79 Å². The van der Waals surface area contributed by atoms with Crippen molar-refractivity contribution >= 4 is 5.91 Å². The summed E-state index contributed by atoms with van der Waals surface area (Å²) in [6.07, 6.45) is 12.7. The smallest absolute Gasteiger partial charge is 0.220 e. The van der Waals surface area contributed by atoms with Crippen LogP contribution in [0.4, 0.5) is 0 Å². The number of amides is 1. The third kappa shape index (κ3) is 4.01. The van der Waals surface area contributed by atoms with Gasteiger partial charge in [-0.1, -0.05) is 18.6 Å². The fraction of sp³-hybridized carbons (Fsp3) is 0.611.